The molecule has 3 rings (SSSR count). The van der Waals surface area contributed by atoms with Crippen molar-refractivity contribution in [2.24, 2.45) is 5.92 Å². The third-order valence-corrected chi connectivity index (χ3v) is 5.28. The highest BCUT2D eigenvalue weighted by Gasteiger charge is 2.58. The Hall–Kier alpha value is -2.29. The molecule has 2 aliphatic heterocycles. The van der Waals surface area contributed by atoms with Crippen molar-refractivity contribution in [3.8, 4) is 0 Å². The van der Waals surface area contributed by atoms with Crippen LogP contribution in [0.5, 0.6) is 0 Å². The van der Waals surface area contributed by atoms with Crippen molar-refractivity contribution in [3.05, 3.63) is 35.9 Å². The maximum absolute atomic E-state index is 13.3. The zero-order valence-electron chi connectivity index (χ0n) is 15.7. The van der Waals surface area contributed by atoms with Crippen LogP contribution in [0.25, 0.3) is 0 Å². The number of ether oxygens (including phenoxy) is 3. The van der Waals surface area contributed by atoms with Gasteiger partial charge in [-0.05, 0) is 19.0 Å². The third kappa shape index (κ3) is 3.47. The summed E-state index contributed by atoms with van der Waals surface area (Å²) in [5.74, 6) is -1.84. The van der Waals surface area contributed by atoms with Gasteiger partial charge in [0.05, 0.1) is 31.7 Å². The van der Waals surface area contributed by atoms with Gasteiger partial charge in [-0.25, -0.2) is 0 Å². The number of hydrogen-bond acceptors (Lipinski definition) is 7. The van der Waals surface area contributed by atoms with Crippen LogP contribution in [0.3, 0.4) is 0 Å². The number of rotatable bonds is 7. The fraction of sp³-hybridized carbons (Fsp3) is 0.526. The zero-order valence-corrected chi connectivity index (χ0v) is 15.7. The summed E-state index contributed by atoms with van der Waals surface area (Å²) in [5.41, 5.74) is 0.786. The lowest BCUT2D eigenvalue weighted by atomic mass is 9.99. The average Bonchev–Trinajstić information content (AvgIpc) is 2.98. The van der Waals surface area contributed by atoms with Crippen molar-refractivity contribution < 1.29 is 28.6 Å². The summed E-state index contributed by atoms with van der Waals surface area (Å²) in [4.78, 5) is 41.5. The Balaban J connectivity index is 1.94. The van der Waals surface area contributed by atoms with E-state index in [1.807, 2.05) is 30.3 Å². The molecule has 8 nitrogen and oxygen atoms in total. The average molecular weight is 376 g/mol. The van der Waals surface area contributed by atoms with E-state index in [0.717, 1.165) is 5.56 Å². The van der Waals surface area contributed by atoms with Crippen molar-refractivity contribution >= 4 is 17.8 Å². The van der Waals surface area contributed by atoms with Gasteiger partial charge in [-0.3, -0.25) is 24.2 Å². The van der Waals surface area contributed by atoms with Gasteiger partial charge in [-0.1, -0.05) is 30.3 Å². The lowest BCUT2D eigenvalue weighted by molar-refractivity contribution is -0.165. The molecule has 2 aliphatic rings. The first-order valence-corrected chi connectivity index (χ1v) is 8.79. The van der Waals surface area contributed by atoms with E-state index in [-0.39, 0.29) is 25.7 Å². The maximum Gasteiger partial charge on any atom is 0.310 e. The number of hydrogen-bond donors (Lipinski definition) is 0. The number of fused-ring (bicyclic) bond motifs is 2. The van der Waals surface area contributed by atoms with Crippen molar-refractivity contribution in [2.75, 3.05) is 34.7 Å². The Morgan fingerprint density at radius 2 is 1.89 bits per heavy atom. The fourth-order valence-corrected chi connectivity index (χ4v) is 3.97. The van der Waals surface area contributed by atoms with Gasteiger partial charge in [-0.15, -0.1) is 0 Å². The zero-order chi connectivity index (χ0) is 19.6. The van der Waals surface area contributed by atoms with E-state index in [2.05, 4.69) is 0 Å². The van der Waals surface area contributed by atoms with E-state index in [9.17, 15) is 14.4 Å². The predicted molar refractivity (Wildman–Crippen MR) is 94.3 cm³/mol. The normalized spacial score (nSPS) is 26.3. The standard InChI is InChI=1S/C19H24N2O6/c1-20-14-9-13(19(24)26-3)16(20)18(23)21(17(14)22)15(10-27-11-25-2)12-7-5-4-6-8-12/h4-8,13-16H,9-11H2,1-3H3/t13-,14-,15+,16+/m1/s1. The van der Waals surface area contributed by atoms with Crippen LogP contribution in [0.15, 0.2) is 30.3 Å². The Kier molecular flexibility index (Phi) is 5.88. The molecular weight excluding hydrogens is 352 g/mol. The van der Waals surface area contributed by atoms with Gasteiger partial charge >= 0.3 is 5.97 Å². The lowest BCUT2D eigenvalue weighted by Gasteiger charge is -2.40. The minimum Gasteiger partial charge on any atom is -0.469 e. The predicted octanol–water partition coefficient (Wildman–Crippen LogP) is 0.579. The van der Waals surface area contributed by atoms with Crippen LogP contribution < -0.4 is 0 Å². The summed E-state index contributed by atoms with van der Waals surface area (Å²) in [7, 11) is 4.50. The molecule has 0 spiro atoms. The second-order valence-electron chi connectivity index (χ2n) is 6.74. The molecule has 27 heavy (non-hydrogen) atoms. The molecule has 0 radical (unpaired) electrons. The van der Waals surface area contributed by atoms with E-state index in [0.29, 0.717) is 0 Å². The molecule has 0 saturated carbocycles. The molecule has 0 unspecified atom stereocenters. The molecule has 4 atom stereocenters. The number of likely N-dealkylation sites (N-methyl/N-ethyl adjacent to an activating group) is 1. The number of esters is 1. The largest absolute Gasteiger partial charge is 0.469 e. The van der Waals surface area contributed by atoms with E-state index in [4.69, 9.17) is 14.2 Å². The van der Waals surface area contributed by atoms with Gasteiger partial charge < -0.3 is 14.2 Å². The smallest absolute Gasteiger partial charge is 0.310 e. The number of methoxy groups -OCH3 is 2. The van der Waals surface area contributed by atoms with Crippen molar-refractivity contribution in [1.82, 2.24) is 9.80 Å². The molecule has 8 heteroatoms. The molecule has 2 heterocycles. The molecule has 2 saturated heterocycles. The number of nitrogens with zero attached hydrogens (tertiary/aromatic N) is 2. The topological polar surface area (TPSA) is 85.4 Å². The molecule has 1 aromatic carbocycles. The maximum atomic E-state index is 13.3. The number of piperazine rings is 1. The fourth-order valence-electron chi connectivity index (χ4n) is 3.97. The molecule has 0 aliphatic carbocycles. The van der Waals surface area contributed by atoms with Crippen LogP contribution in [0, 0.1) is 5.92 Å². The molecule has 1 aromatic rings. The number of carbonyl (C=O) groups excluding carboxylic acids is 3. The van der Waals surface area contributed by atoms with Gasteiger partial charge in [0.1, 0.15) is 12.8 Å². The minimum atomic E-state index is -0.714. The van der Waals surface area contributed by atoms with Crippen LogP contribution in [0.2, 0.25) is 0 Å². The van der Waals surface area contributed by atoms with Gasteiger partial charge in [0, 0.05) is 7.11 Å². The molecule has 2 fully saturated rings. The van der Waals surface area contributed by atoms with Crippen LogP contribution >= 0.6 is 0 Å². The first kappa shape index (κ1) is 19.5. The highest BCUT2D eigenvalue weighted by molar-refractivity contribution is 6.06. The highest BCUT2D eigenvalue weighted by Crippen LogP contribution is 2.39. The molecule has 2 bridgehead atoms. The summed E-state index contributed by atoms with van der Waals surface area (Å²) < 4.78 is 15.3. The Labute approximate surface area is 158 Å². The summed E-state index contributed by atoms with van der Waals surface area (Å²) >= 11 is 0. The van der Waals surface area contributed by atoms with Gasteiger partial charge in [0.15, 0.2) is 0 Å². The number of benzene rings is 1. The Bertz CT molecular complexity index is 709. The number of carbonyl (C=O) groups is 3. The van der Waals surface area contributed by atoms with Gasteiger partial charge in [0.25, 0.3) is 0 Å². The SMILES string of the molecule is COCOC[C@@H](c1ccccc1)N1C(=O)[C@H]2C[C@@H](C(=O)OC)[C@@H](C1=O)N2C. The van der Waals surface area contributed by atoms with Crippen LogP contribution in [-0.2, 0) is 28.6 Å². The molecule has 2 amide bonds. The van der Waals surface area contributed by atoms with E-state index in [1.54, 1.807) is 11.9 Å². The minimum absolute atomic E-state index is 0.0527. The third-order valence-electron chi connectivity index (χ3n) is 5.28. The molecule has 146 valence electrons. The lowest BCUT2D eigenvalue weighted by Crippen LogP contribution is -2.61. The van der Waals surface area contributed by atoms with Gasteiger partial charge in [0.2, 0.25) is 11.8 Å². The molecule has 0 aromatic heterocycles. The van der Waals surface area contributed by atoms with Crippen LogP contribution in [0.4, 0.5) is 0 Å². The number of amides is 2. The van der Waals surface area contributed by atoms with E-state index < -0.39 is 35.9 Å². The van der Waals surface area contributed by atoms with Crippen molar-refractivity contribution in [3.63, 3.8) is 0 Å². The first-order valence-electron chi connectivity index (χ1n) is 8.79. The number of imide groups is 1. The highest BCUT2D eigenvalue weighted by atomic mass is 16.7. The van der Waals surface area contributed by atoms with Gasteiger partial charge in [-0.2, -0.15) is 0 Å². The summed E-state index contributed by atoms with van der Waals surface area (Å²) in [6.07, 6.45) is 0.273. The second-order valence-corrected chi connectivity index (χ2v) is 6.74. The monoisotopic (exact) mass is 376 g/mol. The quantitative estimate of drug-likeness (QED) is 0.298. The molecule has 0 N–H and O–H groups in total. The van der Waals surface area contributed by atoms with Crippen LogP contribution in [0.1, 0.15) is 18.0 Å². The molecular formula is C19H24N2O6. The Morgan fingerprint density at radius 3 is 2.52 bits per heavy atom. The summed E-state index contributed by atoms with van der Waals surface area (Å²) in [6.45, 7) is 0.165. The van der Waals surface area contributed by atoms with E-state index >= 15 is 0 Å². The number of likely N-dealkylation sites (tertiary alicyclic amines) is 1. The van der Waals surface area contributed by atoms with Crippen LogP contribution in [-0.4, -0.2) is 74.3 Å². The van der Waals surface area contributed by atoms with Crippen molar-refractivity contribution in [2.45, 2.75) is 24.5 Å². The van der Waals surface area contributed by atoms with E-state index in [1.165, 1.54) is 19.1 Å². The first-order chi connectivity index (χ1) is 13.0. The summed E-state index contributed by atoms with van der Waals surface area (Å²) in [5, 5.41) is 0. The van der Waals surface area contributed by atoms with Crippen molar-refractivity contribution in [1.29, 1.82) is 0 Å². The second kappa shape index (κ2) is 8.16. The Morgan fingerprint density at radius 1 is 1.19 bits per heavy atom. The summed E-state index contributed by atoms with van der Waals surface area (Å²) in [6, 6.07) is 7.40.